The first-order valence-electron chi connectivity index (χ1n) is 11.7. The summed E-state index contributed by atoms with van der Waals surface area (Å²) in [7, 11) is 0. The Kier molecular flexibility index (Phi) is 7.20. The number of ether oxygens (including phenoxy) is 2. The summed E-state index contributed by atoms with van der Waals surface area (Å²) in [6, 6.07) is 13.7. The van der Waals surface area contributed by atoms with Crippen molar-refractivity contribution < 1.29 is 18.7 Å². The van der Waals surface area contributed by atoms with E-state index in [1.165, 1.54) is 0 Å². The Morgan fingerprint density at radius 1 is 1.06 bits per heavy atom. The maximum Gasteiger partial charge on any atom is 0.249 e. The molecule has 4 rings (SSSR count). The number of carbonyl (C=O) groups excluding carboxylic acids is 1. The molecule has 0 bridgehead atoms. The second-order valence-corrected chi connectivity index (χ2v) is 8.33. The maximum absolute atomic E-state index is 12.8. The highest BCUT2D eigenvalue weighted by Crippen LogP contribution is 2.41. The van der Waals surface area contributed by atoms with Crippen LogP contribution in [0, 0.1) is 13.8 Å². The summed E-state index contributed by atoms with van der Waals surface area (Å²) in [5.74, 6) is 1.80. The molecular formula is C29H30N2O4. The fourth-order valence-corrected chi connectivity index (χ4v) is 4.10. The summed E-state index contributed by atoms with van der Waals surface area (Å²) in [4.78, 5) is 17.0. The van der Waals surface area contributed by atoms with Gasteiger partial charge in [-0.15, -0.1) is 0 Å². The van der Waals surface area contributed by atoms with Crippen molar-refractivity contribution in [3.8, 4) is 22.6 Å². The molecule has 0 radical (unpaired) electrons. The third-order valence-corrected chi connectivity index (χ3v) is 5.75. The van der Waals surface area contributed by atoms with Crippen molar-refractivity contribution in [1.29, 1.82) is 0 Å². The fourth-order valence-electron chi connectivity index (χ4n) is 4.10. The van der Waals surface area contributed by atoms with Gasteiger partial charge in [-0.25, -0.2) is 4.98 Å². The maximum atomic E-state index is 12.8. The van der Waals surface area contributed by atoms with Crippen molar-refractivity contribution in [2.75, 3.05) is 18.5 Å². The highest BCUT2D eigenvalue weighted by atomic mass is 16.5. The van der Waals surface area contributed by atoms with Crippen LogP contribution in [0.1, 0.15) is 37.5 Å². The van der Waals surface area contributed by atoms with Crippen LogP contribution in [0.2, 0.25) is 0 Å². The molecule has 2 heterocycles. The molecule has 180 valence electrons. The quantitative estimate of drug-likeness (QED) is 0.282. The van der Waals surface area contributed by atoms with Crippen molar-refractivity contribution in [3.63, 3.8) is 0 Å². The van der Waals surface area contributed by atoms with Crippen LogP contribution >= 0.6 is 0 Å². The lowest BCUT2D eigenvalue weighted by molar-refractivity contribution is -0.111. The number of rotatable bonds is 8. The van der Waals surface area contributed by atoms with Crippen LogP contribution in [0.15, 0.2) is 65.4 Å². The molecule has 0 aliphatic rings. The second kappa shape index (κ2) is 10.5. The van der Waals surface area contributed by atoms with Crippen LogP contribution in [0.5, 0.6) is 11.5 Å². The van der Waals surface area contributed by atoms with Crippen LogP contribution in [0.3, 0.4) is 0 Å². The van der Waals surface area contributed by atoms with E-state index in [2.05, 4.69) is 10.3 Å². The SMILES string of the molecule is CCOc1ccc(-c2coc3c(C)c(OCC)c(/C(C)=C/C(=O)Nc4cc(C)ccn4)cc23)cc1. The molecule has 0 aliphatic heterocycles. The average Bonchev–Trinajstić information content (AvgIpc) is 3.26. The average molecular weight is 471 g/mol. The van der Waals surface area contributed by atoms with Crippen molar-refractivity contribution in [1.82, 2.24) is 4.98 Å². The Bertz CT molecular complexity index is 1380. The van der Waals surface area contributed by atoms with Gasteiger partial charge in [0.1, 0.15) is 22.9 Å². The lowest BCUT2D eigenvalue weighted by Crippen LogP contribution is -2.10. The van der Waals surface area contributed by atoms with Gasteiger partial charge in [0.25, 0.3) is 0 Å². The van der Waals surface area contributed by atoms with Crippen molar-refractivity contribution in [3.05, 3.63) is 77.7 Å². The predicted molar refractivity (Wildman–Crippen MR) is 140 cm³/mol. The number of nitrogens with one attached hydrogen (secondary N) is 1. The molecular weight excluding hydrogens is 440 g/mol. The van der Waals surface area contributed by atoms with Crippen LogP contribution in [-0.2, 0) is 4.79 Å². The number of fused-ring (bicyclic) bond motifs is 1. The molecule has 2 aromatic heterocycles. The molecule has 0 fully saturated rings. The molecule has 0 spiro atoms. The minimum absolute atomic E-state index is 0.250. The zero-order valence-corrected chi connectivity index (χ0v) is 20.8. The number of nitrogens with zero attached hydrogens (tertiary/aromatic N) is 1. The summed E-state index contributed by atoms with van der Waals surface area (Å²) >= 11 is 0. The monoisotopic (exact) mass is 470 g/mol. The van der Waals surface area contributed by atoms with E-state index in [-0.39, 0.29) is 5.91 Å². The number of allylic oxidation sites excluding steroid dienone is 1. The largest absolute Gasteiger partial charge is 0.494 e. The van der Waals surface area contributed by atoms with Crippen LogP contribution in [0.25, 0.3) is 27.7 Å². The molecule has 2 aromatic carbocycles. The molecule has 1 N–H and O–H groups in total. The zero-order valence-electron chi connectivity index (χ0n) is 20.8. The predicted octanol–water partition coefficient (Wildman–Crippen LogP) is 6.95. The molecule has 6 heteroatoms. The first-order valence-corrected chi connectivity index (χ1v) is 11.7. The molecule has 6 nitrogen and oxygen atoms in total. The number of pyridine rings is 1. The fraction of sp³-hybridized carbons (Fsp3) is 0.241. The van der Waals surface area contributed by atoms with Gasteiger partial charge in [0.2, 0.25) is 5.91 Å². The lowest BCUT2D eigenvalue weighted by Gasteiger charge is -2.15. The molecule has 35 heavy (non-hydrogen) atoms. The number of aromatic nitrogens is 1. The highest BCUT2D eigenvalue weighted by Gasteiger charge is 2.19. The van der Waals surface area contributed by atoms with Crippen LogP contribution in [0.4, 0.5) is 5.82 Å². The van der Waals surface area contributed by atoms with Gasteiger partial charge in [-0.05, 0) is 81.7 Å². The summed E-state index contributed by atoms with van der Waals surface area (Å²) < 4.78 is 17.6. The minimum atomic E-state index is -0.250. The third-order valence-electron chi connectivity index (χ3n) is 5.75. The Labute approximate surface area is 205 Å². The normalized spacial score (nSPS) is 11.5. The molecule has 0 saturated heterocycles. The van der Waals surface area contributed by atoms with Gasteiger partial charge in [-0.3, -0.25) is 4.79 Å². The summed E-state index contributed by atoms with van der Waals surface area (Å²) in [6.45, 7) is 10.9. The molecule has 0 saturated carbocycles. The number of hydrogen-bond acceptors (Lipinski definition) is 5. The number of furan rings is 1. The Morgan fingerprint density at radius 3 is 2.49 bits per heavy atom. The molecule has 4 aromatic rings. The van der Waals surface area contributed by atoms with E-state index in [0.29, 0.717) is 24.8 Å². The van der Waals surface area contributed by atoms with Crippen molar-refractivity contribution >= 4 is 28.3 Å². The molecule has 0 aliphatic carbocycles. The standard InChI is InChI=1S/C29H30N2O4/c1-6-33-22-10-8-21(9-11-22)25-17-35-29-20(5)28(34-7-2)23(16-24(25)29)19(4)15-27(32)31-26-14-18(3)12-13-30-26/h8-17H,6-7H2,1-5H3,(H,30,31,32)/b19-15+. The first kappa shape index (κ1) is 24.1. The van der Waals surface area contributed by atoms with Gasteiger partial charge < -0.3 is 19.2 Å². The number of amides is 1. The summed E-state index contributed by atoms with van der Waals surface area (Å²) in [5.41, 5.74) is 6.30. The van der Waals surface area contributed by atoms with Crippen LogP contribution in [-0.4, -0.2) is 24.1 Å². The zero-order chi connectivity index (χ0) is 24.9. The van der Waals surface area contributed by atoms with Crippen molar-refractivity contribution in [2.24, 2.45) is 0 Å². The van der Waals surface area contributed by atoms with Gasteiger partial charge in [-0.2, -0.15) is 0 Å². The number of aryl methyl sites for hydroxylation is 2. The van der Waals surface area contributed by atoms with Gasteiger partial charge in [-0.1, -0.05) is 12.1 Å². The number of hydrogen-bond donors (Lipinski definition) is 1. The summed E-state index contributed by atoms with van der Waals surface area (Å²) in [5, 5.41) is 3.79. The Hall–Kier alpha value is -4.06. The van der Waals surface area contributed by atoms with Gasteiger partial charge >= 0.3 is 0 Å². The smallest absolute Gasteiger partial charge is 0.249 e. The van der Waals surface area contributed by atoms with E-state index in [1.54, 1.807) is 18.5 Å². The minimum Gasteiger partial charge on any atom is -0.494 e. The lowest BCUT2D eigenvalue weighted by atomic mass is 9.96. The highest BCUT2D eigenvalue weighted by molar-refractivity contribution is 6.05. The van der Waals surface area contributed by atoms with E-state index in [4.69, 9.17) is 13.9 Å². The number of anilines is 1. The molecule has 1 amide bonds. The van der Waals surface area contributed by atoms with E-state index >= 15 is 0 Å². The Morgan fingerprint density at radius 2 is 1.80 bits per heavy atom. The third kappa shape index (κ3) is 5.22. The first-order chi connectivity index (χ1) is 16.9. The second-order valence-electron chi connectivity index (χ2n) is 8.33. The van der Waals surface area contributed by atoms with Gasteiger partial charge in [0.05, 0.1) is 19.5 Å². The van der Waals surface area contributed by atoms with E-state index in [0.717, 1.165) is 50.1 Å². The summed E-state index contributed by atoms with van der Waals surface area (Å²) in [6.07, 6.45) is 5.01. The van der Waals surface area contributed by atoms with Gasteiger partial charge in [0, 0.05) is 34.3 Å². The number of carbonyl (C=O) groups is 1. The van der Waals surface area contributed by atoms with Crippen molar-refractivity contribution in [2.45, 2.75) is 34.6 Å². The van der Waals surface area contributed by atoms with E-state index in [1.807, 2.05) is 77.1 Å². The topological polar surface area (TPSA) is 73.6 Å². The van der Waals surface area contributed by atoms with E-state index < -0.39 is 0 Å². The molecule has 0 atom stereocenters. The Balaban J connectivity index is 1.75. The van der Waals surface area contributed by atoms with Crippen LogP contribution < -0.4 is 14.8 Å². The van der Waals surface area contributed by atoms with Gasteiger partial charge in [0.15, 0.2) is 0 Å². The molecule has 0 unspecified atom stereocenters. The van der Waals surface area contributed by atoms with E-state index in [9.17, 15) is 4.79 Å². The number of benzene rings is 2.